The molecule has 0 saturated heterocycles. The van der Waals surface area contributed by atoms with E-state index in [1.165, 1.54) is 79.8 Å². The highest BCUT2D eigenvalue weighted by molar-refractivity contribution is 5.89. The van der Waals surface area contributed by atoms with E-state index in [0.717, 1.165) is 11.3 Å². The quantitative estimate of drug-likeness (QED) is 0.169. The van der Waals surface area contributed by atoms with Gasteiger partial charge in [-0.1, -0.05) is 124 Å². The fourth-order valence-corrected chi connectivity index (χ4v) is 6.20. The number of unbranched alkanes of at least 4 members (excludes halogenated alkanes) is 2. The maximum atomic E-state index is 15.3. The van der Waals surface area contributed by atoms with Crippen molar-refractivity contribution in [1.82, 2.24) is 0 Å². The summed E-state index contributed by atoms with van der Waals surface area (Å²) in [6, 6.07) is 32.6. The summed E-state index contributed by atoms with van der Waals surface area (Å²) in [5, 5.41) is 4.12. The fraction of sp³-hybridized carbons (Fsp3) is 0.316. The molecule has 0 N–H and O–H groups in total. The number of hydrogen-bond donors (Lipinski definition) is 0. The lowest BCUT2D eigenvalue weighted by Gasteiger charge is -2.29. The second kappa shape index (κ2) is 14.4. The van der Waals surface area contributed by atoms with Crippen LogP contribution in [0.15, 0.2) is 103 Å². The van der Waals surface area contributed by atoms with Crippen LogP contribution >= 0.6 is 0 Å². The van der Waals surface area contributed by atoms with Crippen molar-refractivity contribution in [2.75, 3.05) is 0 Å². The summed E-state index contributed by atoms with van der Waals surface area (Å²) in [5.41, 5.74) is 2.41. The van der Waals surface area contributed by atoms with E-state index in [1.54, 1.807) is 18.2 Å². The van der Waals surface area contributed by atoms with Crippen molar-refractivity contribution in [3.63, 3.8) is 0 Å². The van der Waals surface area contributed by atoms with Crippen molar-refractivity contribution in [3.8, 4) is 16.9 Å². The first kappa shape index (κ1) is 29.7. The normalized spacial score (nSPS) is 16.8. The van der Waals surface area contributed by atoms with Crippen LogP contribution in [0.2, 0.25) is 0 Å². The first-order chi connectivity index (χ1) is 20.5. The van der Waals surface area contributed by atoms with Gasteiger partial charge >= 0.3 is 6.61 Å². The molecule has 1 saturated carbocycles. The van der Waals surface area contributed by atoms with Crippen molar-refractivity contribution in [3.05, 3.63) is 115 Å². The summed E-state index contributed by atoms with van der Waals surface area (Å²) < 4.78 is 44.4. The molecule has 0 aliphatic heterocycles. The first-order valence-electron chi connectivity index (χ1n) is 15.2. The molecule has 1 aliphatic carbocycles. The minimum Gasteiger partial charge on any atom is -0.435 e. The maximum absolute atomic E-state index is 15.3. The molecule has 6 rings (SSSR count). The average Bonchev–Trinajstić information content (AvgIpc) is 3.02. The van der Waals surface area contributed by atoms with E-state index in [-0.39, 0.29) is 11.6 Å². The molecule has 5 aromatic carbocycles. The van der Waals surface area contributed by atoms with Gasteiger partial charge in [0.2, 0.25) is 0 Å². The van der Waals surface area contributed by atoms with Gasteiger partial charge in [-0.3, -0.25) is 0 Å². The number of benzene rings is 5. The number of ether oxygens (including phenoxy) is 1. The standard InChI is InChI=1S/C28H31F3O.C10H8/c1-2-3-4-5-19-6-8-20(9-7-19)22-12-16-26-23(18-22)13-17-25(27(26)29)21-10-14-24(15-11-21)32-28(30)31;1-2-6-10-8-4-3-7-9(10)5-1/h10-20,28H,2-9H2,1H3;1-8H. The second-order valence-electron chi connectivity index (χ2n) is 11.4. The molecule has 218 valence electrons. The lowest BCUT2D eigenvalue weighted by molar-refractivity contribution is -0.0498. The fourth-order valence-electron chi connectivity index (χ4n) is 6.20. The van der Waals surface area contributed by atoms with Crippen LogP contribution < -0.4 is 4.74 Å². The van der Waals surface area contributed by atoms with E-state index < -0.39 is 6.61 Å². The third-order valence-electron chi connectivity index (χ3n) is 8.56. The molecular weight excluding hydrogens is 529 g/mol. The Hall–Kier alpha value is -3.79. The lowest BCUT2D eigenvalue weighted by Crippen LogP contribution is -2.13. The topological polar surface area (TPSA) is 9.23 Å². The van der Waals surface area contributed by atoms with E-state index in [0.29, 0.717) is 22.4 Å². The molecule has 0 atom stereocenters. The smallest absolute Gasteiger partial charge is 0.387 e. The Morgan fingerprint density at radius 3 is 1.95 bits per heavy atom. The number of halogens is 3. The minimum absolute atomic E-state index is 0.0645. The Balaban J connectivity index is 0.000000295. The van der Waals surface area contributed by atoms with Crippen molar-refractivity contribution in [2.24, 2.45) is 5.92 Å². The molecule has 42 heavy (non-hydrogen) atoms. The van der Waals surface area contributed by atoms with E-state index in [9.17, 15) is 8.78 Å². The number of fused-ring (bicyclic) bond motifs is 2. The van der Waals surface area contributed by atoms with Crippen LogP contribution in [0.4, 0.5) is 13.2 Å². The SMILES string of the molecule is CCCCCC1CCC(c2ccc3c(F)c(-c4ccc(OC(F)F)cc4)ccc3c2)CC1.c1ccc2ccccc2c1. The van der Waals surface area contributed by atoms with Crippen molar-refractivity contribution < 1.29 is 17.9 Å². The Morgan fingerprint density at radius 1 is 0.714 bits per heavy atom. The maximum Gasteiger partial charge on any atom is 0.387 e. The van der Waals surface area contributed by atoms with Gasteiger partial charge in [-0.25, -0.2) is 4.39 Å². The Kier molecular flexibility index (Phi) is 10.2. The minimum atomic E-state index is -2.87. The largest absolute Gasteiger partial charge is 0.435 e. The summed E-state index contributed by atoms with van der Waals surface area (Å²) in [6.07, 6.45) is 10.4. The zero-order valence-corrected chi connectivity index (χ0v) is 24.2. The Bertz CT molecular complexity index is 1500. The zero-order chi connectivity index (χ0) is 29.3. The predicted octanol–water partition coefficient (Wildman–Crippen LogP) is 11.9. The van der Waals surface area contributed by atoms with Gasteiger partial charge in [-0.15, -0.1) is 0 Å². The number of alkyl halides is 2. The Morgan fingerprint density at radius 2 is 1.36 bits per heavy atom. The van der Waals surface area contributed by atoms with Crippen LogP contribution in [0.25, 0.3) is 32.7 Å². The van der Waals surface area contributed by atoms with Crippen LogP contribution in [0, 0.1) is 11.7 Å². The summed E-state index contributed by atoms with van der Waals surface area (Å²) in [5.74, 6) is 1.22. The van der Waals surface area contributed by atoms with E-state index in [2.05, 4.69) is 72.3 Å². The van der Waals surface area contributed by atoms with Gasteiger partial charge in [0, 0.05) is 10.9 Å². The van der Waals surface area contributed by atoms with Gasteiger partial charge in [-0.2, -0.15) is 8.78 Å². The van der Waals surface area contributed by atoms with Gasteiger partial charge < -0.3 is 4.74 Å². The molecule has 1 fully saturated rings. The molecule has 4 heteroatoms. The van der Waals surface area contributed by atoms with Crippen LogP contribution in [0.3, 0.4) is 0 Å². The van der Waals surface area contributed by atoms with E-state index >= 15 is 4.39 Å². The molecule has 0 bridgehead atoms. The van der Waals surface area contributed by atoms with Crippen molar-refractivity contribution in [2.45, 2.75) is 70.8 Å². The molecule has 0 amide bonds. The summed E-state index contributed by atoms with van der Waals surface area (Å²) in [7, 11) is 0. The van der Waals surface area contributed by atoms with Crippen LogP contribution in [0.5, 0.6) is 5.75 Å². The third kappa shape index (κ3) is 7.53. The monoisotopic (exact) mass is 568 g/mol. The first-order valence-corrected chi connectivity index (χ1v) is 15.2. The summed E-state index contributed by atoms with van der Waals surface area (Å²) >= 11 is 0. The Labute approximate surface area is 247 Å². The van der Waals surface area contributed by atoms with Gasteiger partial charge in [0.1, 0.15) is 11.6 Å². The van der Waals surface area contributed by atoms with Gasteiger partial charge in [0.25, 0.3) is 0 Å². The number of rotatable bonds is 8. The highest BCUT2D eigenvalue weighted by atomic mass is 19.3. The highest BCUT2D eigenvalue weighted by Crippen LogP contribution is 2.39. The van der Waals surface area contributed by atoms with E-state index in [4.69, 9.17) is 0 Å². The molecular formula is C38H39F3O. The highest BCUT2D eigenvalue weighted by Gasteiger charge is 2.22. The summed E-state index contributed by atoms with van der Waals surface area (Å²) in [6.45, 7) is -0.618. The van der Waals surface area contributed by atoms with Crippen molar-refractivity contribution in [1.29, 1.82) is 0 Å². The summed E-state index contributed by atoms with van der Waals surface area (Å²) in [4.78, 5) is 0. The third-order valence-corrected chi connectivity index (χ3v) is 8.56. The molecule has 0 unspecified atom stereocenters. The second-order valence-corrected chi connectivity index (χ2v) is 11.4. The molecule has 0 spiro atoms. The van der Waals surface area contributed by atoms with Gasteiger partial charge in [0.15, 0.2) is 0 Å². The van der Waals surface area contributed by atoms with Gasteiger partial charge in [0.05, 0.1) is 0 Å². The molecule has 1 aliphatic rings. The molecule has 0 heterocycles. The predicted molar refractivity (Wildman–Crippen MR) is 169 cm³/mol. The molecule has 5 aromatic rings. The van der Waals surface area contributed by atoms with E-state index in [1.807, 2.05) is 12.1 Å². The van der Waals surface area contributed by atoms with Crippen LogP contribution in [0.1, 0.15) is 69.8 Å². The molecule has 0 radical (unpaired) electrons. The van der Waals surface area contributed by atoms with Crippen LogP contribution in [-0.4, -0.2) is 6.61 Å². The van der Waals surface area contributed by atoms with Crippen molar-refractivity contribution >= 4 is 21.5 Å². The zero-order valence-electron chi connectivity index (χ0n) is 24.2. The lowest BCUT2D eigenvalue weighted by atomic mass is 9.76. The van der Waals surface area contributed by atoms with Crippen LogP contribution in [-0.2, 0) is 0 Å². The molecule has 0 aromatic heterocycles. The average molecular weight is 569 g/mol. The van der Waals surface area contributed by atoms with Gasteiger partial charge in [-0.05, 0) is 76.9 Å². The molecule has 1 nitrogen and oxygen atoms in total. The number of hydrogen-bond acceptors (Lipinski definition) is 1.